The number of hydrogen-bond donors (Lipinski definition) is 1. The Morgan fingerprint density at radius 3 is 1.68 bits per heavy atom. The van der Waals surface area contributed by atoms with Gasteiger partial charge in [-0.2, -0.15) is 8.42 Å². The molecule has 0 aliphatic rings. The molecule has 1 N–H and O–H groups in total. The minimum Gasteiger partial charge on any atom is -0.379 e. The molecule has 0 saturated heterocycles. The van der Waals surface area contributed by atoms with Gasteiger partial charge in [-0.05, 0) is 6.42 Å². The third-order valence-electron chi connectivity index (χ3n) is 3.22. The zero-order chi connectivity index (χ0) is 16.5. The fraction of sp³-hybridized carbons (Fsp3) is 1.00. The van der Waals surface area contributed by atoms with Crippen LogP contribution in [-0.2, 0) is 24.1 Å². The van der Waals surface area contributed by atoms with Crippen molar-refractivity contribution < 1.29 is 26.6 Å². The molecule has 0 aromatic heterocycles. The van der Waals surface area contributed by atoms with Crippen LogP contribution in [0.5, 0.6) is 0 Å². The van der Waals surface area contributed by atoms with E-state index in [1.165, 1.54) is 51.4 Å². The molecule has 0 bridgehead atoms. The molecule has 0 amide bonds. The molecule has 0 aromatic rings. The van der Waals surface area contributed by atoms with E-state index in [-0.39, 0.29) is 13.2 Å². The van der Waals surface area contributed by atoms with Crippen LogP contribution < -0.4 is 0 Å². The Morgan fingerprint density at radius 1 is 0.682 bits per heavy atom. The second-order valence-electron chi connectivity index (χ2n) is 5.30. The van der Waals surface area contributed by atoms with Crippen molar-refractivity contribution in [1.29, 1.82) is 0 Å². The summed E-state index contributed by atoms with van der Waals surface area (Å²) in [4.78, 5) is 0. The second-order valence-corrected chi connectivity index (χ2v) is 6.39. The highest BCUT2D eigenvalue weighted by atomic mass is 32.3. The minimum atomic E-state index is -4.35. The summed E-state index contributed by atoms with van der Waals surface area (Å²) in [7, 11) is -4.35. The monoisotopic (exact) mass is 340 g/mol. The lowest BCUT2D eigenvalue weighted by Gasteiger charge is -2.06. The summed E-state index contributed by atoms with van der Waals surface area (Å²) < 4.78 is 43.4. The molecule has 0 unspecified atom stereocenters. The third-order valence-corrected chi connectivity index (χ3v) is 3.69. The van der Waals surface area contributed by atoms with Crippen LogP contribution in [0, 0.1) is 0 Å². The lowest BCUT2D eigenvalue weighted by molar-refractivity contribution is 0.0346. The van der Waals surface area contributed by atoms with Crippen LogP contribution >= 0.6 is 0 Å². The normalized spacial score (nSPS) is 11.9. The quantitative estimate of drug-likeness (QED) is 0.323. The highest BCUT2D eigenvalue weighted by Crippen LogP contribution is 2.09. The fourth-order valence-electron chi connectivity index (χ4n) is 2.04. The summed E-state index contributed by atoms with van der Waals surface area (Å²) in [6.07, 6.45) is 11.6. The molecular formula is C15H32O6S. The van der Waals surface area contributed by atoms with E-state index in [0.717, 1.165) is 13.0 Å². The number of ether oxygens (including phenoxy) is 2. The molecule has 0 fully saturated rings. The lowest BCUT2D eigenvalue weighted by atomic mass is 10.1. The maximum Gasteiger partial charge on any atom is 0.397 e. The van der Waals surface area contributed by atoms with Crippen molar-refractivity contribution in [3.05, 3.63) is 0 Å². The Morgan fingerprint density at radius 2 is 1.14 bits per heavy atom. The summed E-state index contributed by atoms with van der Waals surface area (Å²) >= 11 is 0. The highest BCUT2D eigenvalue weighted by molar-refractivity contribution is 7.80. The summed E-state index contributed by atoms with van der Waals surface area (Å²) in [5.74, 6) is 0. The van der Waals surface area contributed by atoms with Crippen molar-refractivity contribution in [3.8, 4) is 0 Å². The molecule has 0 spiro atoms. The van der Waals surface area contributed by atoms with Crippen molar-refractivity contribution in [2.75, 3.05) is 33.0 Å². The van der Waals surface area contributed by atoms with Crippen molar-refractivity contribution in [1.82, 2.24) is 0 Å². The SMILES string of the molecule is CCCCCCCCCCCOCCOCCOS(=O)(=O)O. The highest BCUT2D eigenvalue weighted by Gasteiger charge is 2.02. The van der Waals surface area contributed by atoms with E-state index >= 15 is 0 Å². The van der Waals surface area contributed by atoms with E-state index < -0.39 is 10.4 Å². The van der Waals surface area contributed by atoms with E-state index in [2.05, 4.69) is 11.1 Å². The average molecular weight is 340 g/mol. The molecule has 22 heavy (non-hydrogen) atoms. The standard InChI is InChI=1S/C15H32O6S/c1-2-3-4-5-6-7-8-9-10-11-19-12-13-20-14-15-21-22(16,17)18/h2-15H2,1H3,(H,16,17,18). The Hall–Kier alpha value is -0.210. The van der Waals surface area contributed by atoms with E-state index in [4.69, 9.17) is 14.0 Å². The van der Waals surface area contributed by atoms with Crippen molar-refractivity contribution >= 4 is 10.4 Å². The Balaban J connectivity index is 3.03. The van der Waals surface area contributed by atoms with Gasteiger partial charge in [0, 0.05) is 6.61 Å². The topological polar surface area (TPSA) is 82.1 Å². The Bertz CT molecular complexity index is 318. The number of unbranched alkanes of at least 4 members (excludes halogenated alkanes) is 8. The molecule has 7 heteroatoms. The van der Waals surface area contributed by atoms with E-state index in [0.29, 0.717) is 13.2 Å². The number of hydrogen-bond acceptors (Lipinski definition) is 5. The van der Waals surface area contributed by atoms with Gasteiger partial charge in [-0.25, -0.2) is 4.18 Å². The van der Waals surface area contributed by atoms with Gasteiger partial charge in [-0.3, -0.25) is 4.55 Å². The molecule has 0 rings (SSSR count). The van der Waals surface area contributed by atoms with Gasteiger partial charge >= 0.3 is 10.4 Å². The van der Waals surface area contributed by atoms with Gasteiger partial charge < -0.3 is 9.47 Å². The molecule has 0 aliphatic heterocycles. The predicted molar refractivity (Wildman–Crippen MR) is 86.4 cm³/mol. The van der Waals surface area contributed by atoms with Crippen molar-refractivity contribution in [2.24, 2.45) is 0 Å². The van der Waals surface area contributed by atoms with Crippen LogP contribution in [0.4, 0.5) is 0 Å². The van der Waals surface area contributed by atoms with Gasteiger partial charge in [0.2, 0.25) is 0 Å². The summed E-state index contributed by atoms with van der Waals surface area (Å²) in [5, 5.41) is 0. The Labute approximate surface area is 135 Å². The molecule has 6 nitrogen and oxygen atoms in total. The summed E-state index contributed by atoms with van der Waals surface area (Å²) in [6, 6.07) is 0. The van der Waals surface area contributed by atoms with Crippen LogP contribution in [-0.4, -0.2) is 46.0 Å². The molecule has 0 saturated carbocycles. The zero-order valence-corrected chi connectivity index (χ0v) is 14.6. The lowest BCUT2D eigenvalue weighted by Crippen LogP contribution is -2.12. The molecule has 134 valence electrons. The van der Waals surface area contributed by atoms with Crippen LogP contribution in [0.1, 0.15) is 64.7 Å². The van der Waals surface area contributed by atoms with Gasteiger partial charge in [-0.1, -0.05) is 58.3 Å². The van der Waals surface area contributed by atoms with Crippen molar-refractivity contribution in [2.45, 2.75) is 64.7 Å². The van der Waals surface area contributed by atoms with Gasteiger partial charge in [-0.15, -0.1) is 0 Å². The molecule has 0 aromatic carbocycles. The first kappa shape index (κ1) is 21.8. The van der Waals surface area contributed by atoms with Gasteiger partial charge in [0.25, 0.3) is 0 Å². The van der Waals surface area contributed by atoms with E-state index in [1.54, 1.807) is 0 Å². The summed E-state index contributed by atoms with van der Waals surface area (Å²) in [6.45, 7) is 3.78. The second kappa shape index (κ2) is 15.7. The molecular weight excluding hydrogens is 308 g/mol. The largest absolute Gasteiger partial charge is 0.397 e. The van der Waals surface area contributed by atoms with Gasteiger partial charge in [0.1, 0.15) is 0 Å². The molecule has 0 radical (unpaired) electrons. The van der Waals surface area contributed by atoms with Crippen LogP contribution in [0.3, 0.4) is 0 Å². The summed E-state index contributed by atoms with van der Waals surface area (Å²) in [5.41, 5.74) is 0. The Kier molecular flexibility index (Phi) is 15.5. The molecule has 0 atom stereocenters. The first-order chi connectivity index (χ1) is 10.6. The van der Waals surface area contributed by atoms with Crippen molar-refractivity contribution in [3.63, 3.8) is 0 Å². The minimum absolute atomic E-state index is 0.112. The third kappa shape index (κ3) is 19.8. The van der Waals surface area contributed by atoms with Gasteiger partial charge in [0.05, 0.1) is 26.4 Å². The van der Waals surface area contributed by atoms with Crippen LogP contribution in [0.25, 0.3) is 0 Å². The number of rotatable bonds is 17. The molecule has 0 heterocycles. The van der Waals surface area contributed by atoms with Crippen LogP contribution in [0.15, 0.2) is 0 Å². The first-order valence-corrected chi connectivity index (χ1v) is 9.70. The van der Waals surface area contributed by atoms with Crippen LogP contribution in [0.2, 0.25) is 0 Å². The maximum atomic E-state index is 10.2. The van der Waals surface area contributed by atoms with E-state index in [9.17, 15) is 8.42 Å². The average Bonchev–Trinajstić information content (AvgIpc) is 2.45. The first-order valence-electron chi connectivity index (χ1n) is 8.33. The predicted octanol–water partition coefficient (Wildman–Crippen LogP) is 3.37. The van der Waals surface area contributed by atoms with Gasteiger partial charge in [0.15, 0.2) is 0 Å². The van der Waals surface area contributed by atoms with E-state index in [1.807, 2.05) is 0 Å². The maximum absolute atomic E-state index is 10.2. The smallest absolute Gasteiger partial charge is 0.379 e. The zero-order valence-electron chi connectivity index (χ0n) is 13.8. The molecule has 0 aliphatic carbocycles. The fourth-order valence-corrected chi connectivity index (χ4v) is 2.31.